The van der Waals surface area contributed by atoms with Crippen LogP contribution in [0.5, 0.6) is 0 Å². The standard InChI is InChI=1S/C28H31N3O5/c1-3-18-19-12-13-20-21(25(34)29(4-2)23(20)32)22(19)28(14-16-8-6-5-7-9-16)26(35)30(15-17-10-11-17)27(36)31(28)24(18)33/h5-9,17,20-22H,3-4,10-15H2,1-2H3/t20-,21-,22+,28+/m1/s1. The van der Waals surface area contributed by atoms with Gasteiger partial charge >= 0.3 is 6.03 Å². The third kappa shape index (κ3) is 2.96. The molecule has 5 aliphatic rings. The van der Waals surface area contributed by atoms with Gasteiger partial charge in [0.2, 0.25) is 11.8 Å². The van der Waals surface area contributed by atoms with Crippen LogP contribution >= 0.6 is 0 Å². The first-order chi connectivity index (χ1) is 17.3. The molecule has 3 heterocycles. The topological polar surface area (TPSA) is 95.1 Å². The number of carbonyl (C=O) groups is 5. The summed E-state index contributed by atoms with van der Waals surface area (Å²) in [5.74, 6) is -3.03. The van der Waals surface area contributed by atoms with Crippen molar-refractivity contribution in [1.82, 2.24) is 14.7 Å². The molecule has 8 nitrogen and oxygen atoms in total. The van der Waals surface area contributed by atoms with E-state index in [0.717, 1.165) is 24.0 Å². The molecule has 36 heavy (non-hydrogen) atoms. The first kappa shape index (κ1) is 23.1. The zero-order chi connectivity index (χ0) is 25.4. The first-order valence-corrected chi connectivity index (χ1v) is 13.2. The normalized spacial score (nSPS) is 31.9. The van der Waals surface area contributed by atoms with Gasteiger partial charge in [-0.25, -0.2) is 9.69 Å². The highest BCUT2D eigenvalue weighted by Gasteiger charge is 2.71. The lowest BCUT2D eigenvalue weighted by molar-refractivity contribution is -0.148. The van der Waals surface area contributed by atoms with Crippen LogP contribution in [-0.4, -0.2) is 63.0 Å². The van der Waals surface area contributed by atoms with E-state index in [1.54, 1.807) is 6.92 Å². The largest absolute Gasteiger partial charge is 0.334 e. The van der Waals surface area contributed by atoms with Crippen LogP contribution in [0.15, 0.2) is 41.5 Å². The van der Waals surface area contributed by atoms with Crippen molar-refractivity contribution in [1.29, 1.82) is 0 Å². The summed E-state index contributed by atoms with van der Waals surface area (Å²) in [6.45, 7) is 4.22. The lowest BCUT2D eigenvalue weighted by Crippen LogP contribution is -2.65. The highest BCUT2D eigenvalue weighted by atomic mass is 16.2. The Morgan fingerprint density at radius 2 is 1.64 bits per heavy atom. The molecule has 4 fully saturated rings. The van der Waals surface area contributed by atoms with Crippen molar-refractivity contribution in [2.45, 2.75) is 57.9 Å². The minimum Gasteiger partial charge on any atom is -0.282 e. The summed E-state index contributed by atoms with van der Waals surface area (Å²) >= 11 is 0. The van der Waals surface area contributed by atoms with Gasteiger partial charge in [0.05, 0.1) is 11.8 Å². The van der Waals surface area contributed by atoms with Crippen LogP contribution in [0.1, 0.15) is 51.5 Å². The van der Waals surface area contributed by atoms with Crippen LogP contribution in [0.2, 0.25) is 0 Å². The minimum absolute atomic E-state index is 0.132. The third-order valence-corrected chi connectivity index (χ3v) is 8.95. The lowest BCUT2D eigenvalue weighted by Gasteiger charge is -2.50. The van der Waals surface area contributed by atoms with Gasteiger partial charge in [0.15, 0.2) is 0 Å². The molecule has 1 aromatic rings. The molecule has 6 rings (SSSR count). The second-order valence-corrected chi connectivity index (χ2v) is 10.8. The zero-order valence-corrected chi connectivity index (χ0v) is 20.7. The molecule has 0 bridgehead atoms. The van der Waals surface area contributed by atoms with Crippen LogP contribution in [0.4, 0.5) is 4.79 Å². The molecule has 0 unspecified atom stereocenters. The summed E-state index contributed by atoms with van der Waals surface area (Å²) in [5, 5.41) is 0. The van der Waals surface area contributed by atoms with Crippen LogP contribution in [0.3, 0.4) is 0 Å². The Morgan fingerprint density at radius 1 is 0.917 bits per heavy atom. The number of imide groups is 3. The van der Waals surface area contributed by atoms with Crippen LogP contribution in [-0.2, 0) is 25.6 Å². The maximum atomic E-state index is 14.4. The highest BCUT2D eigenvalue weighted by molar-refractivity contribution is 6.20. The van der Waals surface area contributed by atoms with Crippen molar-refractivity contribution < 1.29 is 24.0 Å². The van der Waals surface area contributed by atoms with Gasteiger partial charge in [-0.15, -0.1) is 0 Å². The predicted molar refractivity (Wildman–Crippen MR) is 129 cm³/mol. The third-order valence-electron chi connectivity index (χ3n) is 8.95. The Balaban J connectivity index is 1.59. The maximum absolute atomic E-state index is 14.4. The molecular formula is C28H31N3O5. The zero-order valence-electron chi connectivity index (χ0n) is 20.7. The quantitative estimate of drug-likeness (QED) is 0.452. The van der Waals surface area contributed by atoms with Gasteiger partial charge in [0, 0.05) is 31.0 Å². The van der Waals surface area contributed by atoms with Crippen molar-refractivity contribution in [3.63, 3.8) is 0 Å². The molecule has 0 aromatic heterocycles. The lowest BCUT2D eigenvalue weighted by atomic mass is 9.57. The van der Waals surface area contributed by atoms with Gasteiger partial charge in [0.25, 0.3) is 11.8 Å². The highest BCUT2D eigenvalue weighted by Crippen LogP contribution is 2.57. The molecule has 4 atom stereocenters. The average Bonchev–Trinajstić information content (AvgIpc) is 3.63. The van der Waals surface area contributed by atoms with E-state index in [2.05, 4.69) is 0 Å². The number of carbonyl (C=O) groups excluding carboxylic acids is 5. The summed E-state index contributed by atoms with van der Waals surface area (Å²) in [5.41, 5.74) is 0.591. The predicted octanol–water partition coefficient (Wildman–Crippen LogP) is 2.92. The van der Waals surface area contributed by atoms with E-state index in [1.165, 1.54) is 14.7 Å². The number of fused-ring (bicyclic) bond motifs is 5. The number of likely N-dealkylation sites (tertiary alicyclic amines) is 1. The number of amides is 6. The van der Waals surface area contributed by atoms with Crippen molar-refractivity contribution >= 4 is 29.7 Å². The monoisotopic (exact) mass is 489 g/mol. The van der Waals surface area contributed by atoms with Crippen molar-refractivity contribution in [3.05, 3.63) is 47.0 Å². The summed E-state index contributed by atoms with van der Waals surface area (Å²) in [6, 6.07) is 8.80. The van der Waals surface area contributed by atoms with Gasteiger partial charge in [-0.2, -0.15) is 0 Å². The van der Waals surface area contributed by atoms with E-state index < -0.39 is 41.1 Å². The Morgan fingerprint density at radius 3 is 2.28 bits per heavy atom. The molecule has 2 aliphatic carbocycles. The molecule has 6 amide bonds. The summed E-state index contributed by atoms with van der Waals surface area (Å²) in [4.78, 5) is 72.9. The number of hydrogen-bond donors (Lipinski definition) is 0. The summed E-state index contributed by atoms with van der Waals surface area (Å²) < 4.78 is 0. The summed E-state index contributed by atoms with van der Waals surface area (Å²) in [7, 11) is 0. The fourth-order valence-corrected chi connectivity index (χ4v) is 7.20. The second-order valence-electron chi connectivity index (χ2n) is 10.8. The molecule has 0 radical (unpaired) electrons. The number of rotatable bonds is 6. The fourth-order valence-electron chi connectivity index (χ4n) is 7.20. The molecule has 2 saturated carbocycles. The Hall–Kier alpha value is -3.29. The first-order valence-electron chi connectivity index (χ1n) is 13.2. The van der Waals surface area contributed by atoms with E-state index in [1.807, 2.05) is 37.3 Å². The van der Waals surface area contributed by atoms with E-state index in [4.69, 9.17) is 0 Å². The Kier molecular flexibility index (Phi) is 5.21. The number of urea groups is 1. The fraction of sp³-hybridized carbons (Fsp3) is 0.536. The molecule has 2 saturated heterocycles. The maximum Gasteiger partial charge on any atom is 0.334 e. The van der Waals surface area contributed by atoms with Crippen LogP contribution in [0, 0.1) is 23.7 Å². The van der Waals surface area contributed by atoms with Gasteiger partial charge in [-0.1, -0.05) is 42.8 Å². The van der Waals surface area contributed by atoms with Gasteiger partial charge in [-0.3, -0.25) is 29.0 Å². The number of benzene rings is 1. The minimum atomic E-state index is -1.54. The molecule has 188 valence electrons. The van der Waals surface area contributed by atoms with E-state index in [0.29, 0.717) is 31.4 Å². The van der Waals surface area contributed by atoms with Crippen molar-refractivity contribution in [3.8, 4) is 0 Å². The average molecular weight is 490 g/mol. The number of hydrogen-bond acceptors (Lipinski definition) is 5. The Bertz CT molecular complexity index is 1220. The number of nitrogens with zero attached hydrogens (tertiary/aromatic N) is 3. The van der Waals surface area contributed by atoms with E-state index in [9.17, 15) is 24.0 Å². The Labute approximate surface area is 210 Å². The molecule has 0 spiro atoms. The molecule has 0 N–H and O–H groups in total. The van der Waals surface area contributed by atoms with Gasteiger partial charge in [0.1, 0.15) is 5.54 Å². The molecule has 1 aromatic carbocycles. The van der Waals surface area contributed by atoms with Gasteiger partial charge < -0.3 is 0 Å². The van der Waals surface area contributed by atoms with Crippen LogP contribution in [0.25, 0.3) is 0 Å². The van der Waals surface area contributed by atoms with Crippen molar-refractivity contribution in [2.24, 2.45) is 23.7 Å². The second kappa shape index (κ2) is 8.11. The smallest absolute Gasteiger partial charge is 0.282 e. The van der Waals surface area contributed by atoms with Crippen molar-refractivity contribution in [2.75, 3.05) is 13.1 Å². The molecular weight excluding hydrogens is 458 g/mol. The van der Waals surface area contributed by atoms with E-state index >= 15 is 0 Å². The molecule has 3 aliphatic heterocycles. The summed E-state index contributed by atoms with van der Waals surface area (Å²) in [6.07, 6.45) is 3.40. The SMILES string of the molecule is CCC1=C2CC[C@H]3C(=O)N(CC)C(=O)[C@H]3[C@H]2[C@@]2(Cc3ccccc3)C(=O)N(CC3CC3)C(=O)N2C1=O. The van der Waals surface area contributed by atoms with Gasteiger partial charge in [-0.05, 0) is 50.5 Å². The van der Waals surface area contributed by atoms with E-state index in [-0.39, 0.29) is 30.7 Å². The van der Waals surface area contributed by atoms with Crippen LogP contribution < -0.4 is 0 Å². The molecule has 8 heteroatoms.